The molecule has 3 rings (SSSR count). The highest BCUT2D eigenvalue weighted by atomic mass is 32.2. The first-order chi connectivity index (χ1) is 15.5. The van der Waals surface area contributed by atoms with E-state index in [1.165, 1.54) is 22.4 Å². The summed E-state index contributed by atoms with van der Waals surface area (Å²) in [5.74, 6) is 0.761. The molecule has 0 fully saturated rings. The number of unbranched alkanes of at least 4 members (excludes halogenated alkanes) is 4. The molecule has 0 aliphatic carbocycles. The number of rotatable bonds is 14. The van der Waals surface area contributed by atoms with Gasteiger partial charge >= 0.3 is 0 Å². The molecule has 0 radical (unpaired) electrons. The van der Waals surface area contributed by atoms with Crippen molar-refractivity contribution in [3.05, 3.63) is 77.2 Å². The molecule has 0 saturated heterocycles. The standard InChI is InChI=1S/C26H32O4S2/c27-32(28,29)20-9-3-7-14-23-16-17-25(24(21-23)26-15-10-19-31-26)30-18-8-2-6-13-22-11-4-1-5-12-22/h1,4-5,10-12,15-17,19,21H,2-3,6-9,13-14,18,20H2,(H,27,28,29). The second kappa shape index (κ2) is 12.8. The van der Waals surface area contributed by atoms with Gasteiger partial charge in [-0.1, -0.05) is 48.9 Å². The van der Waals surface area contributed by atoms with Crippen LogP contribution in [0.25, 0.3) is 10.4 Å². The fourth-order valence-electron chi connectivity index (χ4n) is 3.71. The van der Waals surface area contributed by atoms with Crippen LogP contribution in [0.3, 0.4) is 0 Å². The first-order valence-electron chi connectivity index (χ1n) is 11.3. The molecule has 0 spiro atoms. The molecule has 4 nitrogen and oxygen atoms in total. The van der Waals surface area contributed by atoms with E-state index in [2.05, 4.69) is 66.0 Å². The zero-order valence-electron chi connectivity index (χ0n) is 18.4. The summed E-state index contributed by atoms with van der Waals surface area (Å²) in [4.78, 5) is 1.19. The molecule has 0 amide bonds. The van der Waals surface area contributed by atoms with Gasteiger partial charge in [-0.25, -0.2) is 0 Å². The zero-order chi connectivity index (χ0) is 22.7. The highest BCUT2D eigenvalue weighted by Crippen LogP contribution is 2.34. The normalized spacial score (nSPS) is 11.5. The van der Waals surface area contributed by atoms with Crippen molar-refractivity contribution >= 4 is 21.5 Å². The third-order valence-electron chi connectivity index (χ3n) is 5.41. The Labute approximate surface area is 196 Å². The number of aryl methyl sites for hydroxylation is 2. The second-order valence-electron chi connectivity index (χ2n) is 8.05. The summed E-state index contributed by atoms with van der Waals surface area (Å²) >= 11 is 1.70. The van der Waals surface area contributed by atoms with Crippen molar-refractivity contribution in [2.45, 2.75) is 51.4 Å². The minimum absolute atomic E-state index is 0.161. The molecule has 1 aromatic heterocycles. The SMILES string of the molecule is O=S(=O)(O)CCCCCc1ccc(OCCCCCc2ccccc2)c(-c2cccs2)c1. The van der Waals surface area contributed by atoms with E-state index in [0.717, 1.165) is 49.8 Å². The van der Waals surface area contributed by atoms with Crippen molar-refractivity contribution in [3.63, 3.8) is 0 Å². The van der Waals surface area contributed by atoms with Gasteiger partial charge in [-0.05, 0) is 79.7 Å². The van der Waals surface area contributed by atoms with E-state index < -0.39 is 10.1 Å². The molecule has 2 aromatic carbocycles. The van der Waals surface area contributed by atoms with E-state index in [0.29, 0.717) is 13.0 Å². The molecule has 0 unspecified atom stereocenters. The minimum Gasteiger partial charge on any atom is -0.493 e. The summed E-state index contributed by atoms with van der Waals surface area (Å²) in [6, 6.07) is 21.1. The van der Waals surface area contributed by atoms with Crippen LogP contribution in [0, 0.1) is 0 Å². The first-order valence-corrected chi connectivity index (χ1v) is 13.8. The Morgan fingerprint density at radius 2 is 1.53 bits per heavy atom. The summed E-state index contributed by atoms with van der Waals surface area (Å²) in [7, 11) is -3.86. The molecule has 1 N–H and O–H groups in total. The summed E-state index contributed by atoms with van der Waals surface area (Å²) in [6.45, 7) is 0.710. The van der Waals surface area contributed by atoms with Crippen LogP contribution >= 0.6 is 11.3 Å². The summed E-state index contributed by atoms with van der Waals surface area (Å²) in [6.07, 6.45) is 7.49. The van der Waals surface area contributed by atoms with Gasteiger partial charge in [-0.2, -0.15) is 8.42 Å². The molecule has 1 heterocycles. The largest absolute Gasteiger partial charge is 0.493 e. The molecule has 0 atom stereocenters. The topological polar surface area (TPSA) is 63.6 Å². The molecule has 3 aromatic rings. The monoisotopic (exact) mass is 472 g/mol. The van der Waals surface area contributed by atoms with Crippen molar-refractivity contribution in [1.82, 2.24) is 0 Å². The average Bonchev–Trinajstić information content (AvgIpc) is 3.31. The van der Waals surface area contributed by atoms with Crippen LogP contribution in [0.4, 0.5) is 0 Å². The summed E-state index contributed by atoms with van der Waals surface area (Å²) in [5, 5.41) is 2.07. The van der Waals surface area contributed by atoms with E-state index in [4.69, 9.17) is 9.29 Å². The van der Waals surface area contributed by atoms with Crippen molar-refractivity contribution in [1.29, 1.82) is 0 Å². The summed E-state index contributed by atoms with van der Waals surface area (Å²) in [5.41, 5.74) is 3.73. The molecule has 0 aliphatic heterocycles. The number of ether oxygens (including phenoxy) is 1. The van der Waals surface area contributed by atoms with Crippen LogP contribution in [-0.2, 0) is 23.0 Å². The zero-order valence-corrected chi connectivity index (χ0v) is 20.0. The van der Waals surface area contributed by atoms with Gasteiger partial charge < -0.3 is 4.74 Å². The van der Waals surface area contributed by atoms with Gasteiger partial charge in [0.1, 0.15) is 5.75 Å². The average molecular weight is 473 g/mol. The molecule has 0 saturated carbocycles. The molecule has 32 heavy (non-hydrogen) atoms. The van der Waals surface area contributed by atoms with Gasteiger partial charge in [-0.15, -0.1) is 11.3 Å². The number of hydrogen-bond acceptors (Lipinski definition) is 4. The van der Waals surface area contributed by atoms with E-state index in [1.54, 1.807) is 11.3 Å². The maximum Gasteiger partial charge on any atom is 0.264 e. The predicted molar refractivity (Wildman–Crippen MR) is 133 cm³/mol. The third-order valence-corrected chi connectivity index (χ3v) is 7.12. The van der Waals surface area contributed by atoms with Gasteiger partial charge in [0.15, 0.2) is 0 Å². The van der Waals surface area contributed by atoms with E-state index in [9.17, 15) is 8.42 Å². The Bertz CT molecular complexity index is 1030. The van der Waals surface area contributed by atoms with Gasteiger partial charge in [0.05, 0.1) is 12.4 Å². The van der Waals surface area contributed by atoms with E-state index in [-0.39, 0.29) is 5.75 Å². The van der Waals surface area contributed by atoms with Crippen molar-refractivity contribution < 1.29 is 17.7 Å². The lowest BCUT2D eigenvalue weighted by molar-refractivity contribution is 0.306. The van der Waals surface area contributed by atoms with Crippen molar-refractivity contribution in [3.8, 4) is 16.2 Å². The van der Waals surface area contributed by atoms with Gasteiger partial charge in [-0.3, -0.25) is 4.55 Å². The van der Waals surface area contributed by atoms with Crippen LogP contribution in [0.1, 0.15) is 49.7 Å². The van der Waals surface area contributed by atoms with Crippen LogP contribution in [0.5, 0.6) is 5.75 Å². The maximum atomic E-state index is 10.8. The molecular formula is C26H32O4S2. The number of thiophene rings is 1. The van der Waals surface area contributed by atoms with Crippen molar-refractivity contribution in [2.24, 2.45) is 0 Å². The molecule has 0 bridgehead atoms. The first kappa shape index (κ1) is 24.5. The molecule has 172 valence electrons. The molecule has 0 aliphatic rings. The highest BCUT2D eigenvalue weighted by Gasteiger charge is 2.10. The summed E-state index contributed by atoms with van der Waals surface area (Å²) < 4.78 is 36.7. The lowest BCUT2D eigenvalue weighted by Crippen LogP contribution is -2.03. The van der Waals surface area contributed by atoms with Crippen LogP contribution in [-0.4, -0.2) is 25.3 Å². The Hall–Kier alpha value is -2.15. The smallest absolute Gasteiger partial charge is 0.264 e. The third kappa shape index (κ3) is 8.77. The lowest BCUT2D eigenvalue weighted by atomic mass is 10.0. The Kier molecular flexibility index (Phi) is 9.78. The number of benzene rings is 2. The predicted octanol–water partition coefficient (Wildman–Crippen LogP) is 6.81. The Morgan fingerprint density at radius 3 is 2.25 bits per heavy atom. The van der Waals surface area contributed by atoms with Crippen LogP contribution in [0.15, 0.2) is 66.0 Å². The Morgan fingerprint density at radius 1 is 0.781 bits per heavy atom. The van der Waals surface area contributed by atoms with Gasteiger partial charge in [0.2, 0.25) is 0 Å². The van der Waals surface area contributed by atoms with Crippen LogP contribution in [0.2, 0.25) is 0 Å². The fraction of sp³-hybridized carbons (Fsp3) is 0.385. The number of hydrogen-bond donors (Lipinski definition) is 1. The molecule has 6 heteroatoms. The minimum atomic E-state index is -3.86. The van der Waals surface area contributed by atoms with E-state index >= 15 is 0 Å². The quantitative estimate of drug-likeness (QED) is 0.207. The van der Waals surface area contributed by atoms with Gasteiger partial charge in [0, 0.05) is 10.4 Å². The maximum absolute atomic E-state index is 10.8. The van der Waals surface area contributed by atoms with E-state index in [1.807, 2.05) is 0 Å². The fourth-order valence-corrected chi connectivity index (χ4v) is 5.02. The lowest BCUT2D eigenvalue weighted by Gasteiger charge is -2.13. The van der Waals surface area contributed by atoms with Crippen molar-refractivity contribution in [2.75, 3.05) is 12.4 Å². The highest BCUT2D eigenvalue weighted by molar-refractivity contribution is 7.85. The molecular weight excluding hydrogens is 440 g/mol. The van der Waals surface area contributed by atoms with Crippen LogP contribution < -0.4 is 4.74 Å². The Balaban J connectivity index is 1.48. The second-order valence-corrected chi connectivity index (χ2v) is 10.6. The van der Waals surface area contributed by atoms with Gasteiger partial charge in [0.25, 0.3) is 10.1 Å².